The second-order valence-electron chi connectivity index (χ2n) is 5.05. The quantitative estimate of drug-likeness (QED) is 0.878. The summed E-state index contributed by atoms with van der Waals surface area (Å²) in [5, 5.41) is 9.79. The molecule has 1 saturated heterocycles. The van der Waals surface area contributed by atoms with E-state index in [1.807, 2.05) is 6.92 Å². The normalized spacial score (nSPS) is 16.0. The predicted octanol–water partition coefficient (Wildman–Crippen LogP) is 0.435. The lowest BCUT2D eigenvalue weighted by Crippen LogP contribution is -2.40. The zero-order valence-electron chi connectivity index (χ0n) is 12.2. The number of hydrogen-bond acceptors (Lipinski definition) is 6. The Kier molecular flexibility index (Phi) is 3.94. The molecule has 1 aliphatic heterocycles. The second kappa shape index (κ2) is 6.04. The molecule has 118 valence electrons. The molecule has 0 aromatic carbocycles. The highest BCUT2D eigenvalue weighted by molar-refractivity contribution is 5.91. The molecule has 0 bridgehead atoms. The van der Waals surface area contributed by atoms with Gasteiger partial charge in [0.25, 0.3) is 11.8 Å². The third kappa shape index (κ3) is 2.74. The van der Waals surface area contributed by atoms with E-state index >= 15 is 0 Å². The van der Waals surface area contributed by atoms with Crippen LogP contribution in [0.25, 0.3) is 0 Å². The van der Waals surface area contributed by atoms with E-state index in [1.165, 1.54) is 12.4 Å². The lowest BCUT2D eigenvalue weighted by molar-refractivity contribution is 0.0651. The summed E-state index contributed by atoms with van der Waals surface area (Å²) >= 11 is 0. The minimum Gasteiger partial charge on any atom is -0.476 e. The van der Waals surface area contributed by atoms with Gasteiger partial charge in [0.15, 0.2) is 0 Å². The van der Waals surface area contributed by atoms with Gasteiger partial charge in [0.05, 0.1) is 12.7 Å². The van der Waals surface area contributed by atoms with Crippen molar-refractivity contribution in [3.63, 3.8) is 0 Å². The molecule has 9 heteroatoms. The molecule has 0 unspecified atom stereocenters. The van der Waals surface area contributed by atoms with Gasteiger partial charge < -0.3 is 14.2 Å². The van der Waals surface area contributed by atoms with E-state index in [1.54, 1.807) is 9.47 Å². The highest BCUT2D eigenvalue weighted by atomic mass is 16.5. The van der Waals surface area contributed by atoms with Crippen molar-refractivity contribution in [2.45, 2.75) is 25.8 Å². The van der Waals surface area contributed by atoms with Gasteiger partial charge in [0.2, 0.25) is 5.76 Å². The molecule has 22 heavy (non-hydrogen) atoms. The molecule has 1 aliphatic rings. The number of amides is 1. The zero-order valence-corrected chi connectivity index (χ0v) is 12.2. The van der Waals surface area contributed by atoms with E-state index < -0.39 is 0 Å². The van der Waals surface area contributed by atoms with E-state index in [0.717, 1.165) is 0 Å². The lowest BCUT2D eigenvalue weighted by Gasteiger charge is -2.31. The van der Waals surface area contributed by atoms with E-state index in [9.17, 15) is 9.59 Å². The van der Waals surface area contributed by atoms with Crippen LogP contribution in [0, 0.1) is 0 Å². The van der Waals surface area contributed by atoms with Crippen molar-refractivity contribution in [3.8, 4) is 5.88 Å². The Labute approximate surface area is 125 Å². The maximum Gasteiger partial charge on any atom is 0.343 e. The summed E-state index contributed by atoms with van der Waals surface area (Å²) in [6.45, 7) is 3.39. The standard InChI is InChI=1S/C13H17N5O4/c1-2-21-11-7-10(22-16-11)12(19)17-5-3-9(4-6-17)18-8-14-15-13(18)20/h7-9H,2-6H2,1H3,(H,15,20). The van der Waals surface area contributed by atoms with Crippen LogP contribution in [0.3, 0.4) is 0 Å². The van der Waals surface area contributed by atoms with Gasteiger partial charge in [-0.1, -0.05) is 0 Å². The molecule has 0 atom stereocenters. The van der Waals surface area contributed by atoms with Crippen molar-refractivity contribution >= 4 is 5.91 Å². The fraction of sp³-hybridized carbons (Fsp3) is 0.538. The van der Waals surface area contributed by atoms with Gasteiger partial charge in [0.1, 0.15) is 6.33 Å². The number of likely N-dealkylation sites (tertiary alicyclic amines) is 1. The summed E-state index contributed by atoms with van der Waals surface area (Å²) in [5.74, 6) is 0.268. The molecule has 9 nitrogen and oxygen atoms in total. The summed E-state index contributed by atoms with van der Waals surface area (Å²) in [6.07, 6.45) is 2.88. The molecule has 2 aromatic heterocycles. The van der Waals surface area contributed by atoms with Crippen molar-refractivity contribution < 1.29 is 14.1 Å². The molecule has 1 N–H and O–H groups in total. The molecular weight excluding hydrogens is 290 g/mol. The Balaban J connectivity index is 1.62. The Hall–Kier alpha value is -2.58. The number of aromatic nitrogens is 4. The van der Waals surface area contributed by atoms with Crippen LogP contribution < -0.4 is 10.4 Å². The van der Waals surface area contributed by atoms with Crippen molar-refractivity contribution in [3.05, 3.63) is 28.6 Å². The van der Waals surface area contributed by atoms with Crippen LogP contribution in [0.15, 0.2) is 21.7 Å². The first-order valence-corrected chi connectivity index (χ1v) is 7.19. The van der Waals surface area contributed by atoms with Gasteiger partial charge in [-0.05, 0) is 24.9 Å². The highest BCUT2D eigenvalue weighted by Gasteiger charge is 2.27. The highest BCUT2D eigenvalue weighted by Crippen LogP contribution is 2.22. The van der Waals surface area contributed by atoms with Crippen LogP contribution in [0.4, 0.5) is 0 Å². The Morgan fingerprint density at radius 3 is 2.91 bits per heavy atom. The number of carbonyl (C=O) groups is 1. The van der Waals surface area contributed by atoms with Crippen LogP contribution in [0.1, 0.15) is 36.4 Å². The monoisotopic (exact) mass is 307 g/mol. The van der Waals surface area contributed by atoms with E-state index in [0.29, 0.717) is 38.4 Å². The minimum atomic E-state index is -0.221. The van der Waals surface area contributed by atoms with Crippen molar-refractivity contribution in [1.82, 2.24) is 24.8 Å². The molecule has 0 aliphatic carbocycles. The third-order valence-corrected chi connectivity index (χ3v) is 3.71. The first-order chi connectivity index (χ1) is 10.7. The Bertz CT molecular complexity index is 695. The first-order valence-electron chi connectivity index (χ1n) is 7.19. The van der Waals surface area contributed by atoms with Crippen LogP contribution >= 0.6 is 0 Å². The summed E-state index contributed by atoms with van der Waals surface area (Å²) < 4.78 is 11.8. The lowest BCUT2D eigenvalue weighted by atomic mass is 10.0. The van der Waals surface area contributed by atoms with Crippen molar-refractivity contribution in [2.24, 2.45) is 0 Å². The predicted molar refractivity (Wildman–Crippen MR) is 74.7 cm³/mol. The molecule has 0 saturated carbocycles. The molecule has 0 radical (unpaired) electrons. The number of nitrogens with one attached hydrogen (secondary N) is 1. The number of H-pyrrole nitrogens is 1. The van der Waals surface area contributed by atoms with Gasteiger partial charge >= 0.3 is 5.69 Å². The number of carbonyl (C=O) groups excluding carboxylic acids is 1. The fourth-order valence-electron chi connectivity index (χ4n) is 2.60. The van der Waals surface area contributed by atoms with Gasteiger partial charge in [-0.2, -0.15) is 5.10 Å². The summed E-state index contributed by atoms with van der Waals surface area (Å²) in [4.78, 5) is 25.6. The van der Waals surface area contributed by atoms with Crippen molar-refractivity contribution in [2.75, 3.05) is 19.7 Å². The van der Waals surface area contributed by atoms with Gasteiger partial charge in [-0.25, -0.2) is 9.89 Å². The van der Waals surface area contributed by atoms with Crippen molar-refractivity contribution in [1.29, 1.82) is 0 Å². The average molecular weight is 307 g/mol. The Morgan fingerprint density at radius 1 is 1.50 bits per heavy atom. The average Bonchev–Trinajstić information content (AvgIpc) is 3.16. The largest absolute Gasteiger partial charge is 0.476 e. The van der Waals surface area contributed by atoms with Crippen LogP contribution in [-0.4, -0.2) is 50.4 Å². The molecule has 2 aromatic rings. The number of ether oxygens (including phenoxy) is 1. The molecular formula is C13H17N5O4. The first kappa shape index (κ1) is 14.4. The van der Waals surface area contributed by atoms with Gasteiger partial charge in [-0.3, -0.25) is 9.36 Å². The maximum absolute atomic E-state index is 12.3. The maximum atomic E-state index is 12.3. The zero-order chi connectivity index (χ0) is 15.5. The molecule has 0 spiro atoms. The summed E-state index contributed by atoms with van der Waals surface area (Å²) in [7, 11) is 0. The van der Waals surface area contributed by atoms with Crippen LogP contribution in [-0.2, 0) is 0 Å². The van der Waals surface area contributed by atoms with Gasteiger partial charge in [-0.15, -0.1) is 0 Å². The summed E-state index contributed by atoms with van der Waals surface area (Å²) in [5.41, 5.74) is -0.221. The van der Waals surface area contributed by atoms with Crippen LogP contribution in [0.5, 0.6) is 5.88 Å². The van der Waals surface area contributed by atoms with E-state index in [2.05, 4.69) is 15.4 Å². The third-order valence-electron chi connectivity index (χ3n) is 3.71. The number of aromatic amines is 1. The van der Waals surface area contributed by atoms with Crippen LogP contribution in [0.2, 0.25) is 0 Å². The van der Waals surface area contributed by atoms with E-state index in [4.69, 9.17) is 9.26 Å². The Morgan fingerprint density at radius 2 is 2.27 bits per heavy atom. The smallest absolute Gasteiger partial charge is 0.343 e. The molecule has 3 rings (SSSR count). The SMILES string of the molecule is CCOc1cc(C(=O)N2CCC(n3cn[nH]c3=O)CC2)on1. The number of piperidine rings is 1. The number of rotatable bonds is 4. The van der Waals surface area contributed by atoms with E-state index in [-0.39, 0.29) is 23.4 Å². The minimum absolute atomic E-state index is 0.0593. The number of nitrogens with zero attached hydrogens (tertiary/aromatic N) is 4. The molecule has 1 amide bonds. The topological polar surface area (TPSA) is 106 Å². The summed E-state index contributed by atoms with van der Waals surface area (Å²) in [6, 6.07) is 1.56. The van der Waals surface area contributed by atoms with Gasteiger partial charge in [0, 0.05) is 19.1 Å². The fourth-order valence-corrected chi connectivity index (χ4v) is 2.60. The number of hydrogen-bond donors (Lipinski definition) is 1. The molecule has 1 fully saturated rings. The second-order valence-corrected chi connectivity index (χ2v) is 5.05. The molecule has 3 heterocycles.